The van der Waals surface area contributed by atoms with Crippen LogP contribution in [0.2, 0.25) is 5.02 Å². The lowest BCUT2D eigenvalue weighted by Gasteiger charge is -2.11. The van der Waals surface area contributed by atoms with Gasteiger partial charge in [0.2, 0.25) is 0 Å². The van der Waals surface area contributed by atoms with E-state index in [0.717, 1.165) is 30.3 Å². The summed E-state index contributed by atoms with van der Waals surface area (Å²) in [5.74, 6) is 0. The summed E-state index contributed by atoms with van der Waals surface area (Å²) in [7, 11) is 0. The maximum atomic E-state index is 6.15. The molecule has 3 heteroatoms. The number of benzene rings is 1. The van der Waals surface area contributed by atoms with Crippen molar-refractivity contribution < 1.29 is 4.74 Å². The largest absolute Gasteiger partial charge is 0.377 e. The molecule has 2 rings (SSSR count). The standard InChI is InChI=1S/C13H18ClNO/c1-10-4-5-11(13(14)7-10)8-15-9-12-3-2-6-16-12/h4-5,7,12,15H,2-3,6,8-9H2,1H3. The fraction of sp³-hybridized carbons (Fsp3) is 0.538. The molecule has 0 saturated carbocycles. The molecular weight excluding hydrogens is 222 g/mol. The van der Waals surface area contributed by atoms with E-state index in [9.17, 15) is 0 Å². The highest BCUT2D eigenvalue weighted by atomic mass is 35.5. The minimum atomic E-state index is 0.393. The predicted octanol–water partition coefficient (Wildman–Crippen LogP) is 2.92. The molecule has 1 fully saturated rings. The Morgan fingerprint density at radius 1 is 1.50 bits per heavy atom. The summed E-state index contributed by atoms with van der Waals surface area (Å²) in [5.41, 5.74) is 2.36. The number of nitrogens with one attached hydrogen (secondary N) is 1. The Bertz CT molecular complexity index is 348. The van der Waals surface area contributed by atoms with E-state index in [2.05, 4.69) is 24.4 Å². The van der Waals surface area contributed by atoms with Gasteiger partial charge in [0, 0.05) is 24.7 Å². The summed E-state index contributed by atoms with van der Waals surface area (Å²) in [6, 6.07) is 6.18. The predicted molar refractivity (Wildman–Crippen MR) is 66.9 cm³/mol. The van der Waals surface area contributed by atoms with Crippen LogP contribution in [-0.4, -0.2) is 19.3 Å². The van der Waals surface area contributed by atoms with Crippen LogP contribution in [0.5, 0.6) is 0 Å². The van der Waals surface area contributed by atoms with Crippen molar-refractivity contribution in [1.82, 2.24) is 5.32 Å². The van der Waals surface area contributed by atoms with Crippen molar-refractivity contribution in [3.05, 3.63) is 34.3 Å². The van der Waals surface area contributed by atoms with Crippen molar-refractivity contribution in [2.24, 2.45) is 0 Å². The summed E-state index contributed by atoms with van der Waals surface area (Å²) < 4.78 is 5.54. The second kappa shape index (κ2) is 5.67. The molecule has 0 radical (unpaired) electrons. The van der Waals surface area contributed by atoms with Gasteiger partial charge in [0.05, 0.1) is 6.10 Å². The highest BCUT2D eigenvalue weighted by Gasteiger charge is 2.14. The molecule has 1 atom stereocenters. The van der Waals surface area contributed by atoms with Crippen LogP contribution in [0, 0.1) is 6.92 Å². The van der Waals surface area contributed by atoms with E-state index >= 15 is 0 Å². The first kappa shape index (κ1) is 11.9. The molecule has 0 amide bonds. The quantitative estimate of drug-likeness (QED) is 0.873. The summed E-state index contributed by atoms with van der Waals surface area (Å²) in [5, 5.41) is 4.24. The maximum absolute atomic E-state index is 6.15. The van der Waals surface area contributed by atoms with E-state index < -0.39 is 0 Å². The Kier molecular flexibility index (Phi) is 4.22. The van der Waals surface area contributed by atoms with E-state index in [0.29, 0.717) is 6.10 Å². The summed E-state index contributed by atoms with van der Waals surface area (Å²) in [6.45, 7) is 4.70. The molecule has 1 aromatic rings. The van der Waals surface area contributed by atoms with Gasteiger partial charge in [-0.3, -0.25) is 0 Å². The molecular formula is C13H18ClNO. The Hall–Kier alpha value is -0.570. The van der Waals surface area contributed by atoms with Crippen molar-refractivity contribution in [3.63, 3.8) is 0 Å². The lowest BCUT2D eigenvalue weighted by atomic mass is 10.1. The summed E-state index contributed by atoms with van der Waals surface area (Å²) in [6.07, 6.45) is 2.76. The van der Waals surface area contributed by atoms with Crippen molar-refractivity contribution in [1.29, 1.82) is 0 Å². The highest BCUT2D eigenvalue weighted by molar-refractivity contribution is 6.31. The maximum Gasteiger partial charge on any atom is 0.0700 e. The van der Waals surface area contributed by atoms with Gasteiger partial charge in [0.15, 0.2) is 0 Å². The molecule has 1 heterocycles. The minimum Gasteiger partial charge on any atom is -0.377 e. The zero-order valence-corrected chi connectivity index (χ0v) is 10.4. The first-order valence-electron chi connectivity index (χ1n) is 5.83. The second-order valence-corrected chi connectivity index (χ2v) is 4.77. The fourth-order valence-corrected chi connectivity index (χ4v) is 2.27. The third-order valence-corrected chi connectivity index (χ3v) is 3.27. The SMILES string of the molecule is Cc1ccc(CNCC2CCCO2)c(Cl)c1. The number of aryl methyl sites for hydroxylation is 1. The normalized spacial score (nSPS) is 20.2. The fourth-order valence-electron chi connectivity index (χ4n) is 1.97. The van der Waals surface area contributed by atoms with E-state index in [1.807, 2.05) is 6.07 Å². The number of hydrogen-bond donors (Lipinski definition) is 1. The Labute approximate surface area is 102 Å². The molecule has 1 N–H and O–H groups in total. The van der Waals surface area contributed by atoms with Gasteiger partial charge in [-0.15, -0.1) is 0 Å². The van der Waals surface area contributed by atoms with Gasteiger partial charge in [0.1, 0.15) is 0 Å². The van der Waals surface area contributed by atoms with Crippen LogP contribution in [0.3, 0.4) is 0 Å². The van der Waals surface area contributed by atoms with Crippen LogP contribution in [0.25, 0.3) is 0 Å². The van der Waals surface area contributed by atoms with E-state index in [4.69, 9.17) is 16.3 Å². The van der Waals surface area contributed by atoms with Crippen molar-refractivity contribution in [2.75, 3.05) is 13.2 Å². The molecule has 0 spiro atoms. The molecule has 1 aromatic carbocycles. The number of hydrogen-bond acceptors (Lipinski definition) is 2. The zero-order chi connectivity index (χ0) is 11.4. The Balaban J connectivity index is 1.80. The average molecular weight is 240 g/mol. The molecule has 2 nitrogen and oxygen atoms in total. The number of halogens is 1. The van der Waals surface area contributed by atoms with Crippen LogP contribution in [-0.2, 0) is 11.3 Å². The monoisotopic (exact) mass is 239 g/mol. The second-order valence-electron chi connectivity index (χ2n) is 4.36. The molecule has 88 valence electrons. The van der Waals surface area contributed by atoms with Gasteiger partial charge in [-0.25, -0.2) is 0 Å². The van der Waals surface area contributed by atoms with Gasteiger partial charge in [-0.05, 0) is 37.0 Å². The Morgan fingerprint density at radius 2 is 2.38 bits per heavy atom. The Morgan fingerprint density at radius 3 is 3.06 bits per heavy atom. The van der Waals surface area contributed by atoms with Crippen molar-refractivity contribution >= 4 is 11.6 Å². The molecule has 0 aliphatic carbocycles. The molecule has 16 heavy (non-hydrogen) atoms. The van der Waals surface area contributed by atoms with Crippen molar-refractivity contribution in [2.45, 2.75) is 32.4 Å². The van der Waals surface area contributed by atoms with Crippen molar-refractivity contribution in [3.8, 4) is 0 Å². The third-order valence-electron chi connectivity index (χ3n) is 2.92. The first-order chi connectivity index (χ1) is 7.75. The van der Waals surface area contributed by atoms with E-state index in [1.54, 1.807) is 0 Å². The number of ether oxygens (including phenoxy) is 1. The molecule has 1 aliphatic heterocycles. The van der Waals surface area contributed by atoms with E-state index in [-0.39, 0.29) is 0 Å². The van der Waals surface area contributed by atoms with Crippen LogP contribution in [0.15, 0.2) is 18.2 Å². The average Bonchev–Trinajstić information content (AvgIpc) is 2.74. The molecule has 1 unspecified atom stereocenters. The molecule has 1 saturated heterocycles. The van der Waals surface area contributed by atoms with Crippen LogP contribution in [0.4, 0.5) is 0 Å². The number of rotatable bonds is 4. The van der Waals surface area contributed by atoms with Gasteiger partial charge in [-0.1, -0.05) is 23.7 Å². The first-order valence-corrected chi connectivity index (χ1v) is 6.21. The zero-order valence-electron chi connectivity index (χ0n) is 9.63. The van der Waals surface area contributed by atoms with Gasteiger partial charge in [0.25, 0.3) is 0 Å². The van der Waals surface area contributed by atoms with Crippen LogP contribution in [0.1, 0.15) is 24.0 Å². The summed E-state index contributed by atoms with van der Waals surface area (Å²) in [4.78, 5) is 0. The van der Waals surface area contributed by atoms with Gasteiger partial charge < -0.3 is 10.1 Å². The molecule has 0 aromatic heterocycles. The van der Waals surface area contributed by atoms with E-state index in [1.165, 1.54) is 18.4 Å². The van der Waals surface area contributed by atoms with Gasteiger partial charge >= 0.3 is 0 Å². The van der Waals surface area contributed by atoms with Crippen LogP contribution >= 0.6 is 11.6 Å². The molecule has 0 bridgehead atoms. The van der Waals surface area contributed by atoms with Crippen LogP contribution < -0.4 is 5.32 Å². The third kappa shape index (κ3) is 3.21. The smallest absolute Gasteiger partial charge is 0.0700 e. The lowest BCUT2D eigenvalue weighted by molar-refractivity contribution is 0.110. The van der Waals surface area contributed by atoms with Gasteiger partial charge in [-0.2, -0.15) is 0 Å². The topological polar surface area (TPSA) is 21.3 Å². The summed E-state index contributed by atoms with van der Waals surface area (Å²) >= 11 is 6.15. The lowest BCUT2D eigenvalue weighted by Crippen LogP contribution is -2.25. The highest BCUT2D eigenvalue weighted by Crippen LogP contribution is 2.17. The minimum absolute atomic E-state index is 0.393. The molecule has 1 aliphatic rings.